The van der Waals surface area contributed by atoms with Gasteiger partial charge in [-0.1, -0.05) is 6.07 Å². The van der Waals surface area contributed by atoms with Gasteiger partial charge in [0.05, 0.1) is 0 Å². The zero-order chi connectivity index (χ0) is 12.0. The molecule has 92 valence electrons. The topological polar surface area (TPSA) is 26.0 Å². The average Bonchev–Trinajstić information content (AvgIpc) is 3.14. The summed E-state index contributed by atoms with van der Waals surface area (Å²) in [6.07, 6.45) is 4.66. The number of thioether (sulfide) groups is 1. The minimum Gasteiger partial charge on any atom is -0.327 e. The SMILES string of the molecule is CC(N)C1(c2ccc(SC3CC3)c(F)c2)CC1. The summed E-state index contributed by atoms with van der Waals surface area (Å²) >= 11 is 1.68. The van der Waals surface area contributed by atoms with E-state index in [0.717, 1.165) is 23.3 Å². The van der Waals surface area contributed by atoms with E-state index >= 15 is 0 Å². The molecule has 2 aliphatic rings. The monoisotopic (exact) mass is 251 g/mol. The third-order valence-corrected chi connectivity index (χ3v) is 5.37. The Bertz CT molecular complexity index is 436. The molecule has 0 radical (unpaired) electrons. The molecule has 0 heterocycles. The first-order valence-electron chi connectivity index (χ1n) is 6.34. The highest BCUT2D eigenvalue weighted by molar-refractivity contribution is 8.00. The first-order chi connectivity index (χ1) is 8.12. The summed E-state index contributed by atoms with van der Waals surface area (Å²) in [5.74, 6) is -0.0636. The Kier molecular flexibility index (Phi) is 2.71. The third-order valence-electron chi connectivity index (χ3n) is 3.99. The van der Waals surface area contributed by atoms with Crippen molar-refractivity contribution in [2.75, 3.05) is 0 Å². The summed E-state index contributed by atoms with van der Waals surface area (Å²) in [5, 5.41) is 0.652. The molecular formula is C14H18FNS. The number of halogens is 1. The van der Waals surface area contributed by atoms with E-state index in [1.165, 1.54) is 12.8 Å². The second-order valence-corrected chi connectivity index (χ2v) is 6.75. The van der Waals surface area contributed by atoms with Gasteiger partial charge in [-0.15, -0.1) is 11.8 Å². The van der Waals surface area contributed by atoms with Gasteiger partial charge < -0.3 is 5.73 Å². The molecule has 2 saturated carbocycles. The summed E-state index contributed by atoms with van der Waals surface area (Å²) < 4.78 is 14.0. The molecule has 0 aromatic heterocycles. The van der Waals surface area contributed by atoms with Gasteiger partial charge in [0.15, 0.2) is 0 Å². The fourth-order valence-electron chi connectivity index (χ4n) is 2.41. The van der Waals surface area contributed by atoms with Gasteiger partial charge in [-0.3, -0.25) is 0 Å². The van der Waals surface area contributed by atoms with Gasteiger partial charge in [-0.05, 0) is 50.3 Å². The van der Waals surface area contributed by atoms with Crippen LogP contribution in [0.2, 0.25) is 0 Å². The van der Waals surface area contributed by atoms with E-state index in [1.807, 2.05) is 13.0 Å². The molecule has 3 heteroatoms. The summed E-state index contributed by atoms with van der Waals surface area (Å²) in [6, 6.07) is 5.84. The first-order valence-corrected chi connectivity index (χ1v) is 7.22. The lowest BCUT2D eigenvalue weighted by Gasteiger charge is -2.20. The maximum atomic E-state index is 14.0. The van der Waals surface area contributed by atoms with Crippen molar-refractivity contribution >= 4 is 11.8 Å². The van der Waals surface area contributed by atoms with E-state index in [-0.39, 0.29) is 17.3 Å². The van der Waals surface area contributed by atoms with E-state index in [1.54, 1.807) is 17.8 Å². The van der Waals surface area contributed by atoms with Crippen molar-refractivity contribution in [2.45, 2.75) is 54.2 Å². The molecule has 1 atom stereocenters. The molecule has 2 aliphatic carbocycles. The maximum absolute atomic E-state index is 14.0. The van der Waals surface area contributed by atoms with Crippen LogP contribution in [0, 0.1) is 5.82 Å². The van der Waals surface area contributed by atoms with Crippen molar-refractivity contribution in [3.05, 3.63) is 29.6 Å². The lowest BCUT2D eigenvalue weighted by Crippen LogP contribution is -2.31. The van der Waals surface area contributed by atoms with Crippen LogP contribution in [0.1, 0.15) is 38.2 Å². The summed E-state index contributed by atoms with van der Waals surface area (Å²) in [4.78, 5) is 0.803. The molecule has 0 spiro atoms. The van der Waals surface area contributed by atoms with E-state index in [0.29, 0.717) is 5.25 Å². The van der Waals surface area contributed by atoms with Crippen LogP contribution in [-0.4, -0.2) is 11.3 Å². The average molecular weight is 251 g/mol. The van der Waals surface area contributed by atoms with Gasteiger partial charge in [0.25, 0.3) is 0 Å². The molecule has 1 aromatic carbocycles. The number of benzene rings is 1. The van der Waals surface area contributed by atoms with E-state index < -0.39 is 0 Å². The fourth-order valence-corrected chi connectivity index (χ4v) is 3.46. The number of rotatable bonds is 4. The minimum absolute atomic E-state index is 0.0591. The van der Waals surface area contributed by atoms with Crippen molar-refractivity contribution in [3.8, 4) is 0 Å². The zero-order valence-corrected chi connectivity index (χ0v) is 10.9. The summed E-state index contributed by atoms with van der Waals surface area (Å²) in [7, 11) is 0. The Labute approximate surface area is 106 Å². The van der Waals surface area contributed by atoms with Crippen molar-refractivity contribution in [1.82, 2.24) is 0 Å². The lowest BCUT2D eigenvalue weighted by molar-refractivity contribution is 0.543. The highest BCUT2D eigenvalue weighted by Crippen LogP contribution is 2.51. The van der Waals surface area contributed by atoms with Crippen molar-refractivity contribution < 1.29 is 4.39 Å². The molecule has 0 amide bonds. The lowest BCUT2D eigenvalue weighted by atomic mass is 9.89. The van der Waals surface area contributed by atoms with Crippen molar-refractivity contribution in [3.63, 3.8) is 0 Å². The molecule has 0 bridgehead atoms. The normalized spacial score (nSPS) is 23.5. The molecular weight excluding hydrogens is 233 g/mol. The standard InChI is InChI=1S/C14H18FNS/c1-9(16)14(6-7-14)10-2-5-13(12(15)8-10)17-11-3-4-11/h2,5,8-9,11H,3-4,6-7,16H2,1H3. The first kappa shape index (κ1) is 11.5. The smallest absolute Gasteiger partial charge is 0.137 e. The number of nitrogens with two attached hydrogens (primary N) is 1. The highest BCUT2D eigenvalue weighted by Gasteiger charge is 2.47. The van der Waals surface area contributed by atoms with Crippen LogP contribution in [0.4, 0.5) is 4.39 Å². The van der Waals surface area contributed by atoms with Gasteiger partial charge >= 0.3 is 0 Å². The molecule has 2 fully saturated rings. The van der Waals surface area contributed by atoms with Crippen LogP contribution in [0.5, 0.6) is 0 Å². The van der Waals surface area contributed by atoms with E-state index in [4.69, 9.17) is 5.73 Å². The van der Waals surface area contributed by atoms with Crippen molar-refractivity contribution in [2.24, 2.45) is 5.73 Å². The Morgan fingerprint density at radius 1 is 1.41 bits per heavy atom. The molecule has 1 unspecified atom stereocenters. The molecule has 0 saturated heterocycles. The molecule has 1 nitrogen and oxygen atoms in total. The third kappa shape index (κ3) is 2.11. The van der Waals surface area contributed by atoms with Crippen LogP contribution in [0.3, 0.4) is 0 Å². The Morgan fingerprint density at radius 3 is 2.59 bits per heavy atom. The zero-order valence-electron chi connectivity index (χ0n) is 10.1. The minimum atomic E-state index is -0.0636. The van der Waals surface area contributed by atoms with Crippen LogP contribution in [0.15, 0.2) is 23.1 Å². The van der Waals surface area contributed by atoms with Gasteiger partial charge in [0.2, 0.25) is 0 Å². The van der Waals surface area contributed by atoms with Crippen LogP contribution >= 0.6 is 11.8 Å². The Balaban J connectivity index is 1.85. The van der Waals surface area contributed by atoms with Gasteiger partial charge in [-0.2, -0.15) is 0 Å². The van der Waals surface area contributed by atoms with Crippen LogP contribution < -0.4 is 5.73 Å². The van der Waals surface area contributed by atoms with Gasteiger partial charge in [0.1, 0.15) is 5.82 Å². The molecule has 2 N–H and O–H groups in total. The second-order valence-electron chi connectivity index (χ2n) is 5.41. The van der Waals surface area contributed by atoms with E-state index in [9.17, 15) is 4.39 Å². The van der Waals surface area contributed by atoms with Gasteiger partial charge in [0, 0.05) is 21.6 Å². The summed E-state index contributed by atoms with van der Waals surface area (Å²) in [5.41, 5.74) is 7.16. The predicted octanol–water partition coefficient (Wildman–Crippen LogP) is 3.46. The largest absolute Gasteiger partial charge is 0.327 e. The van der Waals surface area contributed by atoms with E-state index in [2.05, 4.69) is 6.07 Å². The molecule has 3 rings (SSSR count). The van der Waals surface area contributed by atoms with Crippen LogP contribution in [-0.2, 0) is 5.41 Å². The quantitative estimate of drug-likeness (QED) is 0.887. The Morgan fingerprint density at radius 2 is 2.12 bits per heavy atom. The fraction of sp³-hybridized carbons (Fsp3) is 0.571. The van der Waals surface area contributed by atoms with Gasteiger partial charge in [-0.25, -0.2) is 4.39 Å². The summed E-state index contributed by atoms with van der Waals surface area (Å²) in [6.45, 7) is 2.03. The number of hydrogen-bond acceptors (Lipinski definition) is 2. The Hall–Kier alpha value is -0.540. The predicted molar refractivity (Wildman–Crippen MR) is 69.8 cm³/mol. The van der Waals surface area contributed by atoms with Crippen molar-refractivity contribution in [1.29, 1.82) is 0 Å². The number of hydrogen-bond donors (Lipinski definition) is 1. The second kappa shape index (κ2) is 3.99. The molecule has 17 heavy (non-hydrogen) atoms. The highest BCUT2D eigenvalue weighted by atomic mass is 32.2. The molecule has 0 aliphatic heterocycles. The molecule has 1 aromatic rings. The van der Waals surface area contributed by atoms with Crippen LogP contribution in [0.25, 0.3) is 0 Å². The maximum Gasteiger partial charge on any atom is 0.137 e.